The number of hydrogen-bond donors (Lipinski definition) is 0. The SMILES string of the molecule is COc1cc(OC)cc(N2CCC(N(C)c3ccc4nnc(-c5ccccc5)n4n3)C2)c1. The third-order valence-electron chi connectivity index (χ3n) is 6.05. The molecule has 0 aliphatic carbocycles. The smallest absolute Gasteiger partial charge is 0.185 e. The molecule has 0 radical (unpaired) electrons. The summed E-state index contributed by atoms with van der Waals surface area (Å²) in [7, 11) is 5.45. The molecule has 8 nitrogen and oxygen atoms in total. The van der Waals surface area contributed by atoms with E-state index in [2.05, 4.69) is 39.2 Å². The van der Waals surface area contributed by atoms with Gasteiger partial charge in [-0.3, -0.25) is 0 Å². The number of likely N-dealkylation sites (N-methyl/N-ethyl adjacent to an activating group) is 1. The quantitative estimate of drug-likeness (QED) is 0.464. The first-order valence-corrected chi connectivity index (χ1v) is 10.6. The van der Waals surface area contributed by atoms with Gasteiger partial charge in [-0.15, -0.1) is 15.3 Å². The molecular formula is C24H26N6O2. The van der Waals surface area contributed by atoms with Crippen molar-refractivity contribution in [1.82, 2.24) is 19.8 Å². The Kier molecular flexibility index (Phi) is 5.26. The minimum atomic E-state index is 0.328. The summed E-state index contributed by atoms with van der Waals surface area (Å²) in [6.07, 6.45) is 1.03. The third kappa shape index (κ3) is 3.68. The second-order valence-corrected chi connectivity index (χ2v) is 7.92. The van der Waals surface area contributed by atoms with Gasteiger partial charge in [0.2, 0.25) is 0 Å². The Morgan fingerprint density at radius 1 is 0.938 bits per heavy atom. The van der Waals surface area contributed by atoms with Crippen LogP contribution >= 0.6 is 0 Å². The van der Waals surface area contributed by atoms with Gasteiger partial charge in [0.05, 0.1) is 14.2 Å². The van der Waals surface area contributed by atoms with Crippen LogP contribution in [0.1, 0.15) is 6.42 Å². The average Bonchev–Trinajstić information content (AvgIpc) is 3.51. The second kappa shape index (κ2) is 8.37. The van der Waals surface area contributed by atoms with Crippen LogP contribution in [0, 0.1) is 0 Å². The largest absolute Gasteiger partial charge is 0.497 e. The van der Waals surface area contributed by atoms with E-state index in [9.17, 15) is 0 Å². The molecule has 0 saturated carbocycles. The molecule has 32 heavy (non-hydrogen) atoms. The van der Waals surface area contributed by atoms with Crippen molar-refractivity contribution in [3.05, 3.63) is 60.7 Å². The summed E-state index contributed by atoms with van der Waals surface area (Å²) in [5.41, 5.74) is 2.83. The van der Waals surface area contributed by atoms with Crippen LogP contribution in [0.5, 0.6) is 11.5 Å². The van der Waals surface area contributed by atoms with Gasteiger partial charge in [-0.2, -0.15) is 4.52 Å². The summed E-state index contributed by atoms with van der Waals surface area (Å²) in [5.74, 6) is 3.23. The van der Waals surface area contributed by atoms with E-state index in [4.69, 9.17) is 14.6 Å². The van der Waals surface area contributed by atoms with Crippen LogP contribution in [-0.4, -0.2) is 60.2 Å². The van der Waals surface area contributed by atoms with Gasteiger partial charge in [0.1, 0.15) is 17.3 Å². The highest BCUT2D eigenvalue weighted by Gasteiger charge is 2.28. The van der Waals surface area contributed by atoms with Crippen LogP contribution < -0.4 is 19.3 Å². The van der Waals surface area contributed by atoms with E-state index in [1.807, 2.05) is 53.0 Å². The second-order valence-electron chi connectivity index (χ2n) is 7.92. The maximum atomic E-state index is 5.44. The molecule has 1 unspecified atom stereocenters. The van der Waals surface area contributed by atoms with E-state index in [1.54, 1.807) is 14.2 Å². The molecule has 8 heteroatoms. The maximum Gasteiger partial charge on any atom is 0.185 e. The number of nitrogens with zero attached hydrogens (tertiary/aromatic N) is 6. The molecule has 3 heterocycles. The predicted molar refractivity (Wildman–Crippen MR) is 125 cm³/mol. The average molecular weight is 431 g/mol. The molecule has 1 fully saturated rings. The van der Waals surface area contributed by atoms with Gasteiger partial charge in [-0.25, -0.2) is 0 Å². The Balaban J connectivity index is 1.39. The third-order valence-corrected chi connectivity index (χ3v) is 6.05. The Morgan fingerprint density at radius 2 is 1.69 bits per heavy atom. The maximum absolute atomic E-state index is 5.44. The fourth-order valence-corrected chi connectivity index (χ4v) is 4.19. The van der Waals surface area contributed by atoms with E-state index in [0.29, 0.717) is 6.04 Å². The summed E-state index contributed by atoms with van der Waals surface area (Å²) in [4.78, 5) is 4.60. The number of benzene rings is 2. The molecule has 1 saturated heterocycles. The summed E-state index contributed by atoms with van der Waals surface area (Å²) < 4.78 is 12.7. The molecule has 1 aliphatic heterocycles. The van der Waals surface area contributed by atoms with E-state index < -0.39 is 0 Å². The van der Waals surface area contributed by atoms with Crippen molar-refractivity contribution >= 4 is 17.2 Å². The molecule has 4 aromatic rings. The van der Waals surface area contributed by atoms with Crippen molar-refractivity contribution in [2.24, 2.45) is 0 Å². The standard InChI is InChI=1S/C24H26N6O2/c1-28(18-11-12-29(16-18)19-13-20(31-2)15-21(14-19)32-3)23-10-9-22-25-26-24(30(22)27-23)17-7-5-4-6-8-17/h4-10,13-15,18H,11-12,16H2,1-3H3. The lowest BCUT2D eigenvalue weighted by Gasteiger charge is -2.26. The molecule has 164 valence electrons. The molecule has 0 amide bonds. The van der Waals surface area contributed by atoms with E-state index in [1.165, 1.54) is 0 Å². The molecule has 2 aromatic heterocycles. The molecule has 0 spiro atoms. The molecule has 2 aromatic carbocycles. The van der Waals surface area contributed by atoms with Crippen molar-refractivity contribution in [1.29, 1.82) is 0 Å². The van der Waals surface area contributed by atoms with Crippen molar-refractivity contribution in [2.75, 3.05) is 44.2 Å². The molecule has 1 aliphatic rings. The van der Waals surface area contributed by atoms with Gasteiger partial charge in [0, 0.05) is 55.6 Å². The summed E-state index contributed by atoms with van der Waals surface area (Å²) in [6, 6.07) is 20.3. The zero-order chi connectivity index (χ0) is 22.1. The van der Waals surface area contributed by atoms with E-state index >= 15 is 0 Å². The van der Waals surface area contributed by atoms with Gasteiger partial charge in [0.15, 0.2) is 11.5 Å². The fraction of sp³-hybridized carbons (Fsp3) is 0.292. The predicted octanol–water partition coefficient (Wildman–Crippen LogP) is 3.52. The first-order chi connectivity index (χ1) is 15.7. The number of hydrogen-bond acceptors (Lipinski definition) is 7. The van der Waals surface area contributed by atoms with Crippen molar-refractivity contribution in [3.63, 3.8) is 0 Å². The van der Waals surface area contributed by atoms with Crippen molar-refractivity contribution < 1.29 is 9.47 Å². The van der Waals surface area contributed by atoms with Crippen LogP contribution in [-0.2, 0) is 0 Å². The highest BCUT2D eigenvalue weighted by atomic mass is 16.5. The lowest BCUT2D eigenvalue weighted by atomic mass is 10.2. The number of fused-ring (bicyclic) bond motifs is 1. The van der Waals surface area contributed by atoms with Crippen molar-refractivity contribution in [3.8, 4) is 22.9 Å². The lowest BCUT2D eigenvalue weighted by Crippen LogP contribution is -2.35. The highest BCUT2D eigenvalue weighted by Crippen LogP contribution is 2.32. The summed E-state index contributed by atoms with van der Waals surface area (Å²) >= 11 is 0. The van der Waals surface area contributed by atoms with Gasteiger partial charge in [0.25, 0.3) is 0 Å². The van der Waals surface area contributed by atoms with E-state index in [-0.39, 0.29) is 0 Å². The summed E-state index contributed by atoms with van der Waals surface area (Å²) in [5, 5.41) is 13.5. The number of anilines is 2. The topological polar surface area (TPSA) is 68.0 Å². The molecular weight excluding hydrogens is 404 g/mol. The molecule has 1 atom stereocenters. The number of methoxy groups -OCH3 is 2. The Hall–Kier alpha value is -3.81. The Bertz CT molecular complexity index is 1200. The first kappa shape index (κ1) is 20.1. The number of rotatable bonds is 6. The number of ether oxygens (including phenoxy) is 2. The first-order valence-electron chi connectivity index (χ1n) is 10.6. The lowest BCUT2D eigenvalue weighted by molar-refractivity contribution is 0.394. The number of aromatic nitrogens is 4. The molecule has 5 rings (SSSR count). The molecule has 0 N–H and O–H groups in total. The van der Waals surface area contributed by atoms with Gasteiger partial charge < -0.3 is 19.3 Å². The fourth-order valence-electron chi connectivity index (χ4n) is 4.19. The van der Waals surface area contributed by atoms with Crippen molar-refractivity contribution in [2.45, 2.75) is 12.5 Å². The van der Waals surface area contributed by atoms with Gasteiger partial charge in [-0.05, 0) is 18.6 Å². The monoisotopic (exact) mass is 430 g/mol. The Labute approximate surface area is 187 Å². The zero-order valence-corrected chi connectivity index (χ0v) is 18.5. The van der Waals surface area contributed by atoms with Crippen LogP contribution in [0.4, 0.5) is 11.5 Å². The van der Waals surface area contributed by atoms with Gasteiger partial charge >= 0.3 is 0 Å². The summed E-state index contributed by atoms with van der Waals surface area (Å²) in [6.45, 7) is 1.84. The van der Waals surface area contributed by atoms with Crippen LogP contribution in [0.3, 0.4) is 0 Å². The zero-order valence-electron chi connectivity index (χ0n) is 18.5. The Morgan fingerprint density at radius 3 is 2.41 bits per heavy atom. The normalized spacial score (nSPS) is 15.8. The van der Waals surface area contributed by atoms with Crippen LogP contribution in [0.25, 0.3) is 17.0 Å². The molecule has 0 bridgehead atoms. The van der Waals surface area contributed by atoms with Crippen LogP contribution in [0.2, 0.25) is 0 Å². The van der Waals surface area contributed by atoms with E-state index in [0.717, 1.165) is 59.5 Å². The minimum Gasteiger partial charge on any atom is -0.497 e. The van der Waals surface area contributed by atoms with Gasteiger partial charge in [-0.1, -0.05) is 30.3 Å². The van der Waals surface area contributed by atoms with Crippen LogP contribution in [0.15, 0.2) is 60.7 Å². The highest BCUT2D eigenvalue weighted by molar-refractivity contribution is 5.60. The minimum absolute atomic E-state index is 0.328.